The summed E-state index contributed by atoms with van der Waals surface area (Å²) in [5.74, 6) is 0. The number of imidazole rings is 1. The smallest absolute Gasteiger partial charge is 0.304 e. The molecule has 0 atom stereocenters. The normalized spacial score (nSPS) is 12.0. The van der Waals surface area contributed by atoms with Crippen LogP contribution in [0.25, 0.3) is 5.65 Å². The second-order valence-electron chi connectivity index (χ2n) is 5.00. The van der Waals surface area contributed by atoms with E-state index in [1.54, 1.807) is 0 Å². The van der Waals surface area contributed by atoms with E-state index in [4.69, 9.17) is 0 Å². The number of pyridine rings is 1. The maximum atomic E-state index is 12.5. The average molecular weight is 290 g/mol. The van der Waals surface area contributed by atoms with Gasteiger partial charge in [0.2, 0.25) is 0 Å². The van der Waals surface area contributed by atoms with Crippen LogP contribution in [0.15, 0.2) is 48.7 Å². The quantitative estimate of drug-likeness (QED) is 0.689. The van der Waals surface area contributed by atoms with Gasteiger partial charge in [-0.3, -0.25) is 0 Å². The van der Waals surface area contributed by atoms with Gasteiger partial charge in [0.25, 0.3) is 0 Å². The van der Waals surface area contributed by atoms with Crippen molar-refractivity contribution in [3.05, 3.63) is 71.2 Å². The third kappa shape index (κ3) is 2.77. The summed E-state index contributed by atoms with van der Waals surface area (Å²) in [5.41, 5.74) is 2.93. The number of nitrogens with zero attached hydrogens (tertiary/aromatic N) is 2. The van der Waals surface area contributed by atoms with Crippen LogP contribution in [-0.2, 0) is 12.6 Å². The van der Waals surface area contributed by atoms with Crippen molar-refractivity contribution < 1.29 is 13.2 Å². The van der Waals surface area contributed by atoms with Crippen molar-refractivity contribution in [3.63, 3.8) is 0 Å². The van der Waals surface area contributed by atoms with Crippen LogP contribution >= 0.6 is 0 Å². The number of aromatic nitrogens is 2. The van der Waals surface area contributed by atoms with Gasteiger partial charge in [-0.05, 0) is 36.8 Å². The lowest BCUT2D eigenvalue weighted by molar-refractivity contribution is -0.137. The minimum atomic E-state index is -4.29. The minimum absolute atomic E-state index is 0.513. The number of benzene rings is 1. The van der Waals surface area contributed by atoms with Crippen LogP contribution in [0.1, 0.15) is 22.5 Å². The molecular formula is C16H13F3N2. The highest BCUT2D eigenvalue weighted by molar-refractivity contribution is 5.42. The highest BCUT2D eigenvalue weighted by Gasteiger charge is 2.29. The van der Waals surface area contributed by atoms with E-state index in [-0.39, 0.29) is 0 Å². The molecule has 0 fully saturated rings. The van der Waals surface area contributed by atoms with Crippen molar-refractivity contribution in [2.75, 3.05) is 0 Å². The summed E-state index contributed by atoms with van der Waals surface area (Å²) in [6.07, 6.45) is -1.86. The molecule has 2 nitrogen and oxygen atoms in total. The molecule has 2 heterocycles. The Balaban J connectivity index is 1.87. The fourth-order valence-electron chi connectivity index (χ4n) is 2.30. The SMILES string of the molecule is Cc1cccc2nc(Cc3ccc(C(F)(F)F)cc3)cn12. The zero-order valence-corrected chi connectivity index (χ0v) is 11.4. The number of rotatable bonds is 2. The number of aryl methyl sites for hydroxylation is 1. The second-order valence-corrected chi connectivity index (χ2v) is 5.00. The van der Waals surface area contributed by atoms with Crippen molar-refractivity contribution in [2.45, 2.75) is 19.5 Å². The maximum absolute atomic E-state index is 12.5. The maximum Gasteiger partial charge on any atom is 0.416 e. The highest BCUT2D eigenvalue weighted by Crippen LogP contribution is 2.29. The first-order valence-corrected chi connectivity index (χ1v) is 6.53. The van der Waals surface area contributed by atoms with Gasteiger partial charge in [0.05, 0.1) is 11.3 Å². The lowest BCUT2D eigenvalue weighted by Crippen LogP contribution is -2.04. The summed E-state index contributed by atoms with van der Waals surface area (Å²) in [7, 11) is 0. The molecule has 3 rings (SSSR count). The van der Waals surface area contributed by atoms with E-state index in [9.17, 15) is 13.2 Å². The lowest BCUT2D eigenvalue weighted by atomic mass is 10.1. The summed E-state index contributed by atoms with van der Waals surface area (Å²) < 4.78 is 39.5. The standard InChI is InChI=1S/C16H13F3N2/c1-11-3-2-4-15-20-14(10-21(11)15)9-12-5-7-13(8-6-12)16(17,18)19/h2-8,10H,9H2,1H3. The van der Waals surface area contributed by atoms with E-state index in [2.05, 4.69) is 4.98 Å². The highest BCUT2D eigenvalue weighted by atomic mass is 19.4. The zero-order chi connectivity index (χ0) is 15.0. The number of halogens is 3. The molecule has 21 heavy (non-hydrogen) atoms. The van der Waals surface area contributed by atoms with E-state index >= 15 is 0 Å². The van der Waals surface area contributed by atoms with Gasteiger partial charge in [-0.25, -0.2) is 4.98 Å². The molecule has 0 saturated carbocycles. The fraction of sp³-hybridized carbons (Fsp3) is 0.188. The Kier molecular flexibility index (Phi) is 3.20. The third-order valence-corrected chi connectivity index (χ3v) is 3.41. The van der Waals surface area contributed by atoms with Gasteiger partial charge < -0.3 is 4.40 Å². The molecule has 2 aromatic heterocycles. The van der Waals surface area contributed by atoms with Crippen LogP contribution in [0.2, 0.25) is 0 Å². The zero-order valence-electron chi connectivity index (χ0n) is 11.4. The third-order valence-electron chi connectivity index (χ3n) is 3.41. The molecule has 0 radical (unpaired) electrons. The number of alkyl halides is 3. The number of hydrogen-bond donors (Lipinski definition) is 0. The second kappa shape index (κ2) is 4.91. The molecule has 0 unspecified atom stereocenters. The molecule has 0 aliphatic rings. The molecule has 0 spiro atoms. The molecular weight excluding hydrogens is 277 g/mol. The Morgan fingerprint density at radius 2 is 1.76 bits per heavy atom. The Morgan fingerprint density at radius 1 is 1.05 bits per heavy atom. The molecule has 108 valence electrons. The summed E-state index contributed by atoms with van der Waals surface area (Å²) >= 11 is 0. The monoisotopic (exact) mass is 290 g/mol. The predicted molar refractivity (Wildman–Crippen MR) is 74.2 cm³/mol. The van der Waals surface area contributed by atoms with Gasteiger partial charge >= 0.3 is 6.18 Å². The molecule has 5 heteroatoms. The molecule has 0 N–H and O–H groups in total. The van der Waals surface area contributed by atoms with Gasteiger partial charge in [-0.2, -0.15) is 13.2 Å². The predicted octanol–water partition coefficient (Wildman–Crippen LogP) is 4.25. The van der Waals surface area contributed by atoms with Gasteiger partial charge in [0.15, 0.2) is 0 Å². The van der Waals surface area contributed by atoms with Crippen LogP contribution in [0.4, 0.5) is 13.2 Å². The van der Waals surface area contributed by atoms with Crippen molar-refractivity contribution in [3.8, 4) is 0 Å². The first kappa shape index (κ1) is 13.7. The van der Waals surface area contributed by atoms with Crippen molar-refractivity contribution in [1.82, 2.24) is 9.38 Å². The number of fused-ring (bicyclic) bond motifs is 1. The lowest BCUT2D eigenvalue weighted by Gasteiger charge is -2.06. The van der Waals surface area contributed by atoms with Crippen LogP contribution in [0, 0.1) is 6.92 Å². The van der Waals surface area contributed by atoms with E-state index < -0.39 is 11.7 Å². The Morgan fingerprint density at radius 3 is 2.38 bits per heavy atom. The molecule has 0 saturated heterocycles. The summed E-state index contributed by atoms with van der Waals surface area (Å²) in [4.78, 5) is 4.48. The largest absolute Gasteiger partial charge is 0.416 e. The molecule has 0 aliphatic heterocycles. The minimum Gasteiger partial charge on any atom is -0.304 e. The van der Waals surface area contributed by atoms with Gasteiger partial charge in [0.1, 0.15) is 5.65 Å². The topological polar surface area (TPSA) is 17.3 Å². The van der Waals surface area contributed by atoms with Gasteiger partial charge in [-0.1, -0.05) is 18.2 Å². The van der Waals surface area contributed by atoms with Crippen LogP contribution < -0.4 is 0 Å². The summed E-state index contributed by atoms with van der Waals surface area (Å²) in [6.45, 7) is 1.98. The van der Waals surface area contributed by atoms with Crippen LogP contribution in [-0.4, -0.2) is 9.38 Å². The van der Waals surface area contributed by atoms with Crippen LogP contribution in [0.5, 0.6) is 0 Å². The molecule has 1 aromatic carbocycles. The van der Waals surface area contributed by atoms with Gasteiger partial charge in [-0.15, -0.1) is 0 Å². The summed E-state index contributed by atoms with van der Waals surface area (Å²) in [6, 6.07) is 11.0. The first-order valence-electron chi connectivity index (χ1n) is 6.53. The Hall–Kier alpha value is -2.30. The van der Waals surface area contributed by atoms with Gasteiger partial charge in [0, 0.05) is 18.3 Å². The molecule has 0 amide bonds. The van der Waals surface area contributed by atoms with E-state index in [1.807, 2.05) is 35.7 Å². The Bertz CT molecular complexity index is 770. The van der Waals surface area contributed by atoms with Crippen molar-refractivity contribution in [1.29, 1.82) is 0 Å². The van der Waals surface area contributed by atoms with E-state index in [1.165, 1.54) is 12.1 Å². The Labute approximate surface area is 119 Å². The van der Waals surface area contributed by atoms with Crippen molar-refractivity contribution in [2.24, 2.45) is 0 Å². The van der Waals surface area contributed by atoms with Crippen molar-refractivity contribution >= 4 is 5.65 Å². The molecule has 0 aliphatic carbocycles. The number of hydrogen-bond acceptors (Lipinski definition) is 1. The summed E-state index contributed by atoms with van der Waals surface area (Å²) in [5, 5.41) is 0. The fourth-order valence-corrected chi connectivity index (χ4v) is 2.30. The molecule has 0 bridgehead atoms. The van der Waals surface area contributed by atoms with E-state index in [0.717, 1.165) is 34.7 Å². The first-order chi connectivity index (χ1) is 9.93. The van der Waals surface area contributed by atoms with E-state index in [0.29, 0.717) is 6.42 Å². The van der Waals surface area contributed by atoms with Crippen LogP contribution in [0.3, 0.4) is 0 Å². The average Bonchev–Trinajstić information content (AvgIpc) is 2.82. The molecule has 3 aromatic rings.